The molecule has 22 heavy (non-hydrogen) atoms. The van der Waals surface area contributed by atoms with Crippen molar-refractivity contribution in [2.45, 2.75) is 63.8 Å². The lowest BCUT2D eigenvalue weighted by atomic mass is 9.79. The molecule has 0 aromatic rings. The highest BCUT2D eigenvalue weighted by atomic mass is 19.4. The number of hydrogen-bond acceptors (Lipinski definition) is 3. The van der Waals surface area contributed by atoms with Crippen molar-refractivity contribution in [1.82, 2.24) is 0 Å². The van der Waals surface area contributed by atoms with Crippen LogP contribution in [0.3, 0.4) is 0 Å². The maximum Gasteiger partial charge on any atom is 0.423 e. The van der Waals surface area contributed by atoms with Gasteiger partial charge in [0.15, 0.2) is 0 Å². The third-order valence-electron chi connectivity index (χ3n) is 5.20. The van der Waals surface area contributed by atoms with E-state index in [1.807, 2.05) is 0 Å². The summed E-state index contributed by atoms with van der Waals surface area (Å²) in [5.41, 5.74) is -4.93. The van der Waals surface area contributed by atoms with Crippen LogP contribution in [-0.2, 0) is 9.53 Å². The predicted molar refractivity (Wildman–Crippen MR) is 66.1 cm³/mol. The zero-order valence-electron chi connectivity index (χ0n) is 12.5. The summed E-state index contributed by atoms with van der Waals surface area (Å²) in [5, 5.41) is 9.59. The van der Waals surface area contributed by atoms with Crippen LogP contribution in [0.4, 0.5) is 22.0 Å². The molecule has 128 valence electrons. The van der Waals surface area contributed by atoms with Gasteiger partial charge in [0, 0.05) is 5.92 Å². The molecule has 0 amide bonds. The summed E-state index contributed by atoms with van der Waals surface area (Å²) in [6.45, 7) is 4.87. The highest BCUT2D eigenvalue weighted by molar-refractivity contribution is 5.76. The van der Waals surface area contributed by atoms with E-state index in [9.17, 15) is 31.9 Å². The fourth-order valence-corrected chi connectivity index (χ4v) is 3.27. The van der Waals surface area contributed by atoms with Gasteiger partial charge in [0.05, 0.1) is 11.3 Å². The highest BCUT2D eigenvalue weighted by Gasteiger charge is 2.82. The molecule has 4 atom stereocenters. The Bertz CT molecular complexity index is 474. The van der Waals surface area contributed by atoms with Crippen molar-refractivity contribution >= 4 is 5.97 Å². The molecule has 2 saturated carbocycles. The summed E-state index contributed by atoms with van der Waals surface area (Å²) in [6, 6.07) is 0. The van der Waals surface area contributed by atoms with Gasteiger partial charge in [-0.3, -0.25) is 4.79 Å². The zero-order valence-corrected chi connectivity index (χ0v) is 12.5. The first-order valence-electron chi connectivity index (χ1n) is 7.17. The molecule has 8 heteroatoms. The van der Waals surface area contributed by atoms with Gasteiger partial charge >= 0.3 is 12.1 Å². The molecule has 2 aliphatic carbocycles. The van der Waals surface area contributed by atoms with Gasteiger partial charge in [-0.1, -0.05) is 6.92 Å². The molecule has 0 aromatic heterocycles. The summed E-state index contributed by atoms with van der Waals surface area (Å²) >= 11 is 0. The Morgan fingerprint density at radius 2 is 1.82 bits per heavy atom. The Kier molecular flexibility index (Phi) is 3.79. The van der Waals surface area contributed by atoms with Crippen LogP contribution < -0.4 is 0 Å². The van der Waals surface area contributed by atoms with Gasteiger partial charge in [0.25, 0.3) is 5.92 Å². The van der Waals surface area contributed by atoms with Crippen LogP contribution in [-0.4, -0.2) is 34.9 Å². The molecule has 2 aliphatic rings. The van der Waals surface area contributed by atoms with Crippen LogP contribution in [0.1, 0.15) is 40.0 Å². The van der Waals surface area contributed by atoms with Gasteiger partial charge < -0.3 is 9.84 Å². The Labute approximate surface area is 124 Å². The maximum absolute atomic E-state index is 14.1. The van der Waals surface area contributed by atoms with Crippen LogP contribution in [0.2, 0.25) is 0 Å². The molecule has 2 bridgehead atoms. The van der Waals surface area contributed by atoms with E-state index < -0.39 is 59.9 Å². The van der Waals surface area contributed by atoms with E-state index in [-0.39, 0.29) is 0 Å². The molecule has 2 fully saturated rings. The lowest BCUT2D eigenvalue weighted by Crippen LogP contribution is -2.64. The number of aliphatic hydroxyl groups is 1. The minimum atomic E-state index is -5.42. The number of fused-ring (bicyclic) bond motifs is 2. The topological polar surface area (TPSA) is 46.5 Å². The smallest absolute Gasteiger partial charge is 0.423 e. The third-order valence-corrected chi connectivity index (χ3v) is 5.20. The molecule has 2 rings (SSSR count). The van der Waals surface area contributed by atoms with Crippen molar-refractivity contribution in [3.05, 3.63) is 0 Å². The van der Waals surface area contributed by atoms with E-state index in [2.05, 4.69) is 0 Å². The first kappa shape index (κ1) is 17.4. The molecular weight excluding hydrogens is 311 g/mol. The van der Waals surface area contributed by atoms with Gasteiger partial charge in [0.2, 0.25) is 5.60 Å². The lowest BCUT2D eigenvalue weighted by Gasteiger charge is -2.42. The van der Waals surface area contributed by atoms with E-state index in [0.717, 1.165) is 0 Å². The standard InChI is InChI=1S/C14H19F5O3/c1-4-11(2,3)10(20)22-9-6-7-5-8(9)13(15,16)12(7,21)14(17,18)19/h7-9,21H,4-6H2,1-3H3. The number of hydrogen-bond donors (Lipinski definition) is 1. The van der Waals surface area contributed by atoms with E-state index in [4.69, 9.17) is 4.74 Å². The van der Waals surface area contributed by atoms with Crippen LogP contribution in [0.5, 0.6) is 0 Å². The van der Waals surface area contributed by atoms with Gasteiger partial charge in [-0.05, 0) is 33.1 Å². The summed E-state index contributed by atoms with van der Waals surface area (Å²) in [6.07, 6.45) is -7.21. The number of alkyl halides is 5. The fraction of sp³-hybridized carbons (Fsp3) is 0.929. The first-order chi connectivity index (χ1) is 9.79. The van der Waals surface area contributed by atoms with Gasteiger partial charge in [-0.2, -0.15) is 13.2 Å². The molecule has 3 nitrogen and oxygen atoms in total. The number of carbonyl (C=O) groups is 1. The molecule has 1 N–H and O–H groups in total. The van der Waals surface area contributed by atoms with Crippen molar-refractivity contribution in [3.8, 4) is 0 Å². The van der Waals surface area contributed by atoms with Crippen LogP contribution >= 0.6 is 0 Å². The molecule has 0 spiro atoms. The summed E-state index contributed by atoms with van der Waals surface area (Å²) in [4.78, 5) is 11.9. The van der Waals surface area contributed by atoms with Gasteiger partial charge in [0.1, 0.15) is 6.10 Å². The molecular formula is C14H19F5O3. The summed E-state index contributed by atoms with van der Waals surface area (Å²) in [5.74, 6) is -8.54. The normalized spacial score (nSPS) is 37.4. The molecule has 0 radical (unpaired) electrons. The third kappa shape index (κ3) is 2.13. The Hall–Kier alpha value is -0.920. The molecule has 0 aromatic carbocycles. The Balaban J connectivity index is 2.21. The molecule has 4 unspecified atom stereocenters. The highest BCUT2D eigenvalue weighted by Crippen LogP contribution is 2.65. The molecule has 0 saturated heterocycles. The van der Waals surface area contributed by atoms with Gasteiger partial charge in [-0.25, -0.2) is 8.78 Å². The average molecular weight is 330 g/mol. The van der Waals surface area contributed by atoms with Crippen molar-refractivity contribution in [2.75, 3.05) is 0 Å². The van der Waals surface area contributed by atoms with Crippen molar-refractivity contribution in [1.29, 1.82) is 0 Å². The van der Waals surface area contributed by atoms with Crippen LogP contribution in [0.25, 0.3) is 0 Å². The largest absolute Gasteiger partial charge is 0.461 e. The average Bonchev–Trinajstić information content (AvgIpc) is 2.87. The Morgan fingerprint density at radius 1 is 1.27 bits per heavy atom. The SMILES string of the molecule is CCC(C)(C)C(=O)OC1CC2CC1C(F)(F)C2(O)C(F)(F)F. The van der Waals surface area contributed by atoms with Crippen molar-refractivity contribution in [2.24, 2.45) is 17.3 Å². The molecule has 0 aliphatic heterocycles. The Morgan fingerprint density at radius 3 is 2.23 bits per heavy atom. The van der Waals surface area contributed by atoms with E-state index in [1.54, 1.807) is 20.8 Å². The number of rotatable bonds is 3. The van der Waals surface area contributed by atoms with Crippen LogP contribution in [0, 0.1) is 17.3 Å². The maximum atomic E-state index is 14.1. The number of ether oxygens (including phenoxy) is 1. The predicted octanol–water partition coefficient (Wildman–Crippen LogP) is 3.30. The van der Waals surface area contributed by atoms with E-state index in [0.29, 0.717) is 6.42 Å². The second-order valence-corrected chi connectivity index (χ2v) is 6.84. The van der Waals surface area contributed by atoms with E-state index in [1.165, 1.54) is 0 Å². The van der Waals surface area contributed by atoms with Crippen molar-refractivity contribution in [3.63, 3.8) is 0 Å². The number of halogens is 5. The van der Waals surface area contributed by atoms with E-state index >= 15 is 0 Å². The summed E-state index contributed by atoms with van der Waals surface area (Å²) in [7, 11) is 0. The lowest BCUT2D eigenvalue weighted by molar-refractivity contribution is -0.353. The molecule has 0 heterocycles. The quantitative estimate of drug-likeness (QED) is 0.638. The monoisotopic (exact) mass is 330 g/mol. The number of esters is 1. The summed E-state index contributed by atoms with van der Waals surface area (Å²) < 4.78 is 71.9. The fourth-order valence-electron chi connectivity index (χ4n) is 3.27. The van der Waals surface area contributed by atoms with Gasteiger partial charge in [-0.15, -0.1) is 0 Å². The minimum absolute atomic E-state index is 0.401. The minimum Gasteiger partial charge on any atom is -0.461 e. The first-order valence-corrected chi connectivity index (χ1v) is 7.17. The van der Waals surface area contributed by atoms with Crippen LogP contribution in [0.15, 0.2) is 0 Å². The number of carbonyl (C=O) groups excluding carboxylic acids is 1. The zero-order chi connectivity index (χ0) is 17.1. The second kappa shape index (κ2) is 4.79. The van der Waals surface area contributed by atoms with Crippen molar-refractivity contribution < 1.29 is 36.6 Å². The second-order valence-electron chi connectivity index (χ2n) is 6.84.